The highest BCUT2D eigenvalue weighted by Crippen LogP contribution is 2.35. The van der Waals surface area contributed by atoms with Crippen LogP contribution in [0.4, 0.5) is 21.9 Å². The lowest BCUT2D eigenvalue weighted by Crippen LogP contribution is -2.48. The number of carboxylic acids is 1. The van der Waals surface area contributed by atoms with Gasteiger partial charge in [-0.1, -0.05) is 19.9 Å². The van der Waals surface area contributed by atoms with Gasteiger partial charge in [0, 0.05) is 25.3 Å². The highest BCUT2D eigenvalue weighted by Gasteiger charge is 2.28. The zero-order valence-electron chi connectivity index (χ0n) is 20.3. The van der Waals surface area contributed by atoms with Gasteiger partial charge in [-0.2, -0.15) is 5.26 Å². The molecule has 1 fully saturated rings. The molecule has 2 aromatic carbocycles. The van der Waals surface area contributed by atoms with Crippen LogP contribution in [0.1, 0.15) is 37.3 Å². The van der Waals surface area contributed by atoms with Gasteiger partial charge < -0.3 is 30.1 Å². The fourth-order valence-corrected chi connectivity index (χ4v) is 4.23. The molecule has 3 N–H and O–H groups in total. The van der Waals surface area contributed by atoms with Gasteiger partial charge in [0.25, 0.3) is 0 Å². The van der Waals surface area contributed by atoms with Crippen LogP contribution in [0.3, 0.4) is 0 Å². The summed E-state index contributed by atoms with van der Waals surface area (Å²) in [6.07, 6.45) is -0.0871. The van der Waals surface area contributed by atoms with Crippen LogP contribution in [0.15, 0.2) is 42.5 Å². The first kappa shape index (κ1) is 26.0. The van der Waals surface area contributed by atoms with Crippen LogP contribution in [0.2, 0.25) is 0 Å². The minimum Gasteiger partial charge on any atom is -0.481 e. The third-order valence-electron chi connectivity index (χ3n) is 6.05. The standard InChI is InChI=1S/C26H32N4O5/c1-17(2)24-16-35-11-10-30(24)23-9-6-19(20(15-34-3)13-25(31)32)12-22(23)29-26(33)28-21-7-4-18(14-27)5-8-21/h4-9,12,17,20,24H,10-11,13,15-16H2,1-3H3,(H,31,32)(H2,28,29,33). The van der Waals surface area contributed by atoms with Crippen molar-refractivity contribution >= 4 is 29.1 Å². The Labute approximate surface area is 205 Å². The first-order valence-corrected chi connectivity index (χ1v) is 11.6. The minimum absolute atomic E-state index is 0.0871. The number of rotatable bonds is 9. The molecular weight excluding hydrogens is 448 g/mol. The molecule has 0 saturated carbocycles. The van der Waals surface area contributed by atoms with Crippen molar-refractivity contribution in [1.29, 1.82) is 5.26 Å². The smallest absolute Gasteiger partial charge is 0.323 e. The Hall–Kier alpha value is -3.61. The average molecular weight is 481 g/mol. The molecule has 0 bridgehead atoms. The van der Waals surface area contributed by atoms with E-state index < -0.39 is 12.0 Å². The van der Waals surface area contributed by atoms with Crippen molar-refractivity contribution in [2.45, 2.75) is 32.2 Å². The van der Waals surface area contributed by atoms with E-state index in [0.29, 0.717) is 42.6 Å². The van der Waals surface area contributed by atoms with E-state index in [1.54, 1.807) is 24.3 Å². The summed E-state index contributed by atoms with van der Waals surface area (Å²) in [5.41, 5.74) is 3.24. The molecule has 2 amide bonds. The maximum absolute atomic E-state index is 12.9. The Bertz CT molecular complexity index is 1060. The molecule has 1 heterocycles. The van der Waals surface area contributed by atoms with Crippen molar-refractivity contribution in [3.63, 3.8) is 0 Å². The van der Waals surface area contributed by atoms with Crippen molar-refractivity contribution < 1.29 is 24.2 Å². The monoisotopic (exact) mass is 480 g/mol. The lowest BCUT2D eigenvalue weighted by atomic mass is 9.94. The molecule has 9 nitrogen and oxygen atoms in total. The van der Waals surface area contributed by atoms with E-state index in [9.17, 15) is 14.7 Å². The molecule has 0 radical (unpaired) electrons. The number of morpholine rings is 1. The summed E-state index contributed by atoms with van der Waals surface area (Å²) in [6, 6.07) is 14.0. The van der Waals surface area contributed by atoms with Crippen LogP contribution in [0, 0.1) is 17.2 Å². The summed E-state index contributed by atoms with van der Waals surface area (Å²) >= 11 is 0. The molecule has 186 valence electrons. The first-order valence-electron chi connectivity index (χ1n) is 11.6. The van der Waals surface area contributed by atoms with Crippen molar-refractivity contribution in [2.24, 2.45) is 5.92 Å². The van der Waals surface area contributed by atoms with Crippen molar-refractivity contribution in [1.82, 2.24) is 0 Å². The molecule has 2 aromatic rings. The Morgan fingerprint density at radius 2 is 1.97 bits per heavy atom. The zero-order valence-corrected chi connectivity index (χ0v) is 20.3. The Morgan fingerprint density at radius 3 is 2.60 bits per heavy atom. The molecule has 0 spiro atoms. The number of hydrogen-bond acceptors (Lipinski definition) is 6. The summed E-state index contributed by atoms with van der Waals surface area (Å²) < 4.78 is 11.0. The first-order chi connectivity index (χ1) is 16.8. The number of benzene rings is 2. The second-order valence-corrected chi connectivity index (χ2v) is 8.87. The number of aliphatic carboxylic acids is 1. The molecule has 3 rings (SSSR count). The molecule has 2 unspecified atom stereocenters. The van der Waals surface area contributed by atoms with Gasteiger partial charge >= 0.3 is 12.0 Å². The summed E-state index contributed by atoms with van der Waals surface area (Å²) in [7, 11) is 1.54. The van der Waals surface area contributed by atoms with E-state index in [-0.39, 0.29) is 25.0 Å². The summed E-state index contributed by atoms with van der Waals surface area (Å²) in [6.45, 7) is 6.34. The highest BCUT2D eigenvalue weighted by molar-refractivity contribution is 6.02. The Kier molecular flexibility index (Phi) is 9.06. The van der Waals surface area contributed by atoms with Gasteiger partial charge in [0.05, 0.1) is 55.3 Å². The van der Waals surface area contributed by atoms with E-state index in [2.05, 4.69) is 29.4 Å². The molecule has 0 aromatic heterocycles. The molecule has 9 heteroatoms. The SMILES string of the molecule is COCC(CC(=O)O)c1ccc(N2CCOCC2C(C)C)c(NC(=O)Nc2ccc(C#N)cc2)c1. The number of carbonyl (C=O) groups is 2. The van der Waals surface area contributed by atoms with Gasteiger partial charge in [0.15, 0.2) is 0 Å². The topological polar surface area (TPSA) is 124 Å². The van der Waals surface area contributed by atoms with E-state index in [0.717, 1.165) is 11.3 Å². The number of nitriles is 1. The zero-order chi connectivity index (χ0) is 25.4. The lowest BCUT2D eigenvalue weighted by Gasteiger charge is -2.40. The van der Waals surface area contributed by atoms with Crippen molar-refractivity contribution in [2.75, 3.05) is 49.0 Å². The largest absolute Gasteiger partial charge is 0.481 e. The number of carbonyl (C=O) groups excluding carboxylic acids is 1. The quantitative estimate of drug-likeness (QED) is 0.490. The summed E-state index contributed by atoms with van der Waals surface area (Å²) in [5, 5.41) is 24.1. The molecule has 2 atom stereocenters. The predicted molar refractivity (Wildman–Crippen MR) is 134 cm³/mol. The van der Waals surface area contributed by atoms with Crippen LogP contribution in [0.5, 0.6) is 0 Å². The number of hydrogen-bond donors (Lipinski definition) is 3. The second-order valence-electron chi connectivity index (χ2n) is 8.87. The Morgan fingerprint density at radius 1 is 1.23 bits per heavy atom. The van der Waals surface area contributed by atoms with E-state index in [1.165, 1.54) is 7.11 Å². The fourth-order valence-electron chi connectivity index (χ4n) is 4.23. The minimum atomic E-state index is -0.919. The predicted octanol–water partition coefficient (Wildman–Crippen LogP) is 4.27. The highest BCUT2D eigenvalue weighted by atomic mass is 16.5. The van der Waals surface area contributed by atoms with Crippen LogP contribution in [-0.4, -0.2) is 56.6 Å². The van der Waals surface area contributed by atoms with Crippen molar-refractivity contribution in [3.8, 4) is 6.07 Å². The number of nitrogens with zero attached hydrogens (tertiary/aromatic N) is 2. The molecule has 35 heavy (non-hydrogen) atoms. The van der Waals surface area contributed by atoms with Crippen LogP contribution < -0.4 is 15.5 Å². The number of carboxylic acid groups (broad SMARTS) is 1. The number of amides is 2. The normalized spacial score (nSPS) is 16.4. The van der Waals surface area contributed by atoms with E-state index in [1.807, 2.05) is 24.3 Å². The van der Waals surface area contributed by atoms with Gasteiger partial charge in [-0.05, 0) is 47.9 Å². The summed E-state index contributed by atoms with van der Waals surface area (Å²) in [5.74, 6) is -0.958. The van der Waals surface area contributed by atoms with Gasteiger partial charge in [0.1, 0.15) is 0 Å². The second kappa shape index (κ2) is 12.2. The maximum atomic E-state index is 12.9. The number of methoxy groups -OCH3 is 1. The molecule has 1 aliphatic heterocycles. The van der Waals surface area contributed by atoms with Gasteiger partial charge in [0.2, 0.25) is 0 Å². The molecule has 0 aliphatic carbocycles. The number of anilines is 3. The van der Waals surface area contributed by atoms with Gasteiger partial charge in [-0.25, -0.2) is 4.79 Å². The van der Waals surface area contributed by atoms with Crippen LogP contribution in [0.25, 0.3) is 0 Å². The van der Waals surface area contributed by atoms with E-state index >= 15 is 0 Å². The molecule has 1 aliphatic rings. The van der Waals surface area contributed by atoms with E-state index in [4.69, 9.17) is 14.7 Å². The van der Waals surface area contributed by atoms with Gasteiger partial charge in [-0.15, -0.1) is 0 Å². The third kappa shape index (κ3) is 6.94. The van der Waals surface area contributed by atoms with Crippen LogP contribution >= 0.6 is 0 Å². The lowest BCUT2D eigenvalue weighted by molar-refractivity contribution is -0.137. The third-order valence-corrected chi connectivity index (χ3v) is 6.05. The average Bonchev–Trinajstić information content (AvgIpc) is 2.84. The number of nitrogens with one attached hydrogen (secondary N) is 2. The molecular formula is C26H32N4O5. The number of ether oxygens (including phenoxy) is 2. The molecule has 1 saturated heterocycles. The Balaban J connectivity index is 1.94. The van der Waals surface area contributed by atoms with Gasteiger partial charge in [-0.3, -0.25) is 4.79 Å². The number of urea groups is 1. The van der Waals surface area contributed by atoms with Crippen molar-refractivity contribution in [3.05, 3.63) is 53.6 Å². The van der Waals surface area contributed by atoms with Crippen LogP contribution in [-0.2, 0) is 14.3 Å². The fraction of sp³-hybridized carbons (Fsp3) is 0.423. The summed E-state index contributed by atoms with van der Waals surface area (Å²) in [4.78, 5) is 26.6. The maximum Gasteiger partial charge on any atom is 0.323 e.